The van der Waals surface area contributed by atoms with Gasteiger partial charge in [0.15, 0.2) is 0 Å². The summed E-state index contributed by atoms with van der Waals surface area (Å²) < 4.78 is 0. The Hall–Kier alpha value is 1.10. The van der Waals surface area contributed by atoms with Crippen molar-refractivity contribution in [2.24, 2.45) is 10.8 Å². The maximum Gasteiger partial charge on any atom is 0 e. The van der Waals surface area contributed by atoms with E-state index >= 15 is 0 Å². The molecule has 1 radical (unpaired) electrons. The van der Waals surface area contributed by atoms with Crippen LogP contribution < -0.4 is 0 Å². The molecular formula is C11H22Y-2. The molecule has 12 heavy (non-hydrogen) atoms. The molecule has 1 heteroatoms. The number of hydrogen-bond acceptors (Lipinski definition) is 0. The predicted molar refractivity (Wildman–Crippen MR) is 52.1 cm³/mol. The number of rotatable bonds is 4. The van der Waals surface area contributed by atoms with Crippen LogP contribution >= 0.6 is 0 Å². The minimum absolute atomic E-state index is 0. The molecule has 0 aromatic rings. The van der Waals surface area contributed by atoms with E-state index in [0.29, 0.717) is 0 Å². The second kappa shape index (κ2) is 5.75. The third-order valence-electron chi connectivity index (χ3n) is 1.71. The van der Waals surface area contributed by atoms with E-state index in [1.54, 1.807) is 0 Å². The minimum Gasteiger partial charge on any atom is -0.338 e. The molecule has 0 unspecified atom stereocenters. The fourth-order valence-corrected chi connectivity index (χ4v) is 1.05. The second-order valence-electron chi connectivity index (χ2n) is 5.18. The van der Waals surface area contributed by atoms with Crippen LogP contribution in [0.15, 0.2) is 0 Å². The van der Waals surface area contributed by atoms with Gasteiger partial charge in [-0.2, -0.15) is 10.8 Å². The van der Waals surface area contributed by atoms with Crippen LogP contribution in [0.2, 0.25) is 0 Å². The minimum atomic E-state index is 0. The van der Waals surface area contributed by atoms with E-state index < -0.39 is 0 Å². The number of hydrogen-bond donors (Lipinski definition) is 0. The fourth-order valence-electron chi connectivity index (χ4n) is 1.05. The van der Waals surface area contributed by atoms with Gasteiger partial charge in [0.25, 0.3) is 0 Å². The maximum absolute atomic E-state index is 4.07. The van der Waals surface area contributed by atoms with Crippen LogP contribution in [0, 0.1) is 24.7 Å². The average Bonchev–Trinajstić information content (AvgIpc) is 1.55. The molecule has 0 N–H and O–H groups in total. The molecular weight excluding hydrogens is 221 g/mol. The molecule has 0 saturated heterocycles. The van der Waals surface area contributed by atoms with Crippen LogP contribution in [-0.2, 0) is 32.7 Å². The molecule has 0 bridgehead atoms. The third-order valence-corrected chi connectivity index (χ3v) is 1.71. The first-order chi connectivity index (χ1) is 4.71. The molecule has 0 amide bonds. The Labute approximate surface area is 104 Å². The molecule has 0 aliphatic heterocycles. The van der Waals surface area contributed by atoms with Crippen molar-refractivity contribution in [1.29, 1.82) is 0 Å². The molecule has 0 rings (SSSR count). The van der Waals surface area contributed by atoms with Crippen molar-refractivity contribution in [2.75, 3.05) is 0 Å². The summed E-state index contributed by atoms with van der Waals surface area (Å²) >= 11 is 0. The molecule has 0 aromatic carbocycles. The van der Waals surface area contributed by atoms with Gasteiger partial charge in [-0.3, -0.25) is 0 Å². The largest absolute Gasteiger partial charge is 0.338 e. The van der Waals surface area contributed by atoms with Gasteiger partial charge in [0.05, 0.1) is 0 Å². The van der Waals surface area contributed by atoms with Crippen molar-refractivity contribution in [2.45, 2.75) is 47.0 Å². The molecule has 0 aromatic heterocycles. The van der Waals surface area contributed by atoms with E-state index in [-0.39, 0.29) is 43.5 Å². The van der Waals surface area contributed by atoms with Crippen molar-refractivity contribution in [1.82, 2.24) is 0 Å². The van der Waals surface area contributed by atoms with Crippen molar-refractivity contribution >= 4 is 0 Å². The third kappa shape index (κ3) is 13.7. The first-order valence-electron chi connectivity index (χ1n) is 4.41. The van der Waals surface area contributed by atoms with Gasteiger partial charge in [-0.15, -0.1) is 0 Å². The molecule has 0 spiro atoms. The van der Waals surface area contributed by atoms with E-state index in [2.05, 4.69) is 41.5 Å². The summed E-state index contributed by atoms with van der Waals surface area (Å²) in [4.78, 5) is 0. The Balaban J connectivity index is 0. The van der Waals surface area contributed by atoms with Gasteiger partial charge in [0, 0.05) is 32.7 Å². The zero-order chi connectivity index (χ0) is 9.12. The van der Waals surface area contributed by atoms with Crippen molar-refractivity contribution in [3.8, 4) is 0 Å². The van der Waals surface area contributed by atoms with Crippen molar-refractivity contribution < 1.29 is 32.7 Å². The fraction of sp³-hybridized carbons (Fsp3) is 0.818. The van der Waals surface area contributed by atoms with E-state index in [9.17, 15) is 0 Å². The standard InChI is InChI=1S/C11H22.Y/c1-10(2,3)8-7-9-11(4,5)6;/h1,4,7-9H2,2-3,5-6H3;/q-2;. The van der Waals surface area contributed by atoms with Gasteiger partial charge in [0.1, 0.15) is 0 Å². The van der Waals surface area contributed by atoms with E-state index in [4.69, 9.17) is 0 Å². The molecule has 0 fully saturated rings. The summed E-state index contributed by atoms with van der Waals surface area (Å²) in [6.45, 7) is 16.9. The topological polar surface area (TPSA) is 0 Å². The summed E-state index contributed by atoms with van der Waals surface area (Å²) in [5, 5.41) is 0. The summed E-state index contributed by atoms with van der Waals surface area (Å²) in [6.07, 6.45) is 3.64. The summed E-state index contributed by atoms with van der Waals surface area (Å²) in [5.41, 5.74) is 0.483. The zero-order valence-corrected chi connectivity index (χ0v) is 12.0. The molecule has 0 atom stereocenters. The predicted octanol–water partition coefficient (Wildman–Crippen LogP) is 3.87. The van der Waals surface area contributed by atoms with E-state index in [0.717, 1.165) is 0 Å². The van der Waals surface area contributed by atoms with Gasteiger partial charge in [-0.25, -0.2) is 0 Å². The normalized spacial score (nSPS) is 12.5. The monoisotopic (exact) mass is 243 g/mol. The maximum atomic E-state index is 4.07. The Morgan fingerprint density at radius 1 is 0.833 bits per heavy atom. The Morgan fingerprint density at radius 3 is 1.25 bits per heavy atom. The quantitative estimate of drug-likeness (QED) is 0.657. The van der Waals surface area contributed by atoms with Crippen LogP contribution in [0.5, 0.6) is 0 Å². The smallest absolute Gasteiger partial charge is 0 e. The van der Waals surface area contributed by atoms with Crippen molar-refractivity contribution in [3.63, 3.8) is 0 Å². The van der Waals surface area contributed by atoms with Crippen LogP contribution in [0.1, 0.15) is 47.0 Å². The Morgan fingerprint density at radius 2 is 1.08 bits per heavy atom. The van der Waals surface area contributed by atoms with Crippen LogP contribution in [0.25, 0.3) is 0 Å². The SMILES string of the molecule is [CH2-]C(C)(C)CCCC([CH2-])(C)C.[Y]. The molecule has 0 aliphatic rings. The second-order valence-corrected chi connectivity index (χ2v) is 5.18. The van der Waals surface area contributed by atoms with Crippen LogP contribution in [0.3, 0.4) is 0 Å². The zero-order valence-electron chi connectivity index (χ0n) is 9.11. The van der Waals surface area contributed by atoms with Gasteiger partial charge < -0.3 is 13.8 Å². The van der Waals surface area contributed by atoms with Gasteiger partial charge >= 0.3 is 0 Å². The molecule has 0 aliphatic carbocycles. The molecule has 0 heterocycles. The van der Waals surface area contributed by atoms with E-state index in [1.807, 2.05) is 0 Å². The van der Waals surface area contributed by atoms with Gasteiger partial charge in [-0.05, 0) is 0 Å². The summed E-state index contributed by atoms with van der Waals surface area (Å²) in [5.74, 6) is 0. The van der Waals surface area contributed by atoms with Gasteiger partial charge in [-0.1, -0.05) is 47.0 Å². The molecule has 0 saturated carbocycles. The molecule has 71 valence electrons. The molecule has 0 nitrogen and oxygen atoms in total. The van der Waals surface area contributed by atoms with Crippen LogP contribution in [0.4, 0.5) is 0 Å². The van der Waals surface area contributed by atoms with E-state index in [1.165, 1.54) is 19.3 Å². The Bertz CT molecular complexity index is 89.2. The average molecular weight is 243 g/mol. The Kier molecular flexibility index (Phi) is 7.47. The first kappa shape index (κ1) is 15.6. The van der Waals surface area contributed by atoms with Crippen molar-refractivity contribution in [3.05, 3.63) is 13.8 Å². The summed E-state index contributed by atoms with van der Waals surface area (Å²) in [7, 11) is 0. The van der Waals surface area contributed by atoms with Gasteiger partial charge in [0.2, 0.25) is 0 Å². The summed E-state index contributed by atoms with van der Waals surface area (Å²) in [6, 6.07) is 0. The first-order valence-corrected chi connectivity index (χ1v) is 4.41. The van der Waals surface area contributed by atoms with Crippen LogP contribution in [-0.4, -0.2) is 0 Å².